The Balaban J connectivity index is 2.11. The van der Waals surface area contributed by atoms with Crippen LogP contribution in [-0.4, -0.2) is 34.9 Å². The van der Waals surface area contributed by atoms with Crippen molar-refractivity contribution in [3.63, 3.8) is 0 Å². The molecule has 0 saturated heterocycles. The van der Waals surface area contributed by atoms with Gasteiger partial charge in [0.15, 0.2) is 5.65 Å². The topological polar surface area (TPSA) is 49.2 Å². The van der Waals surface area contributed by atoms with E-state index >= 15 is 0 Å². The van der Waals surface area contributed by atoms with Crippen LogP contribution in [0.3, 0.4) is 0 Å². The van der Waals surface area contributed by atoms with E-state index in [0.717, 1.165) is 41.8 Å². The van der Waals surface area contributed by atoms with Crippen molar-refractivity contribution < 1.29 is 18.3 Å². The molecule has 29 heavy (non-hydrogen) atoms. The number of halogens is 3. The van der Waals surface area contributed by atoms with Crippen molar-refractivity contribution in [1.82, 2.24) is 14.5 Å². The highest BCUT2D eigenvalue weighted by atomic mass is 35.5. The van der Waals surface area contributed by atoms with Gasteiger partial charge in [-0.1, -0.05) is 25.4 Å². The minimum Gasteiger partial charge on any atom is -0.435 e. The van der Waals surface area contributed by atoms with Gasteiger partial charge in [-0.3, -0.25) is 0 Å². The Labute approximate surface area is 173 Å². The van der Waals surface area contributed by atoms with Crippen LogP contribution in [0.15, 0.2) is 30.5 Å². The third kappa shape index (κ3) is 4.51. The second kappa shape index (κ2) is 9.50. The van der Waals surface area contributed by atoms with E-state index in [1.54, 1.807) is 19.4 Å². The van der Waals surface area contributed by atoms with Gasteiger partial charge in [0.25, 0.3) is 0 Å². The van der Waals surface area contributed by atoms with Gasteiger partial charge in [0.2, 0.25) is 0 Å². The highest BCUT2D eigenvalue weighted by molar-refractivity contribution is 6.33. The fourth-order valence-electron chi connectivity index (χ4n) is 3.55. The Bertz CT molecular complexity index is 978. The van der Waals surface area contributed by atoms with Crippen LogP contribution in [0.2, 0.25) is 5.02 Å². The molecular formula is C21H24ClF2N3O2. The third-order valence-corrected chi connectivity index (χ3v) is 5.23. The highest BCUT2D eigenvalue weighted by Crippen LogP contribution is 2.36. The second-order valence-corrected chi connectivity index (χ2v) is 7.05. The lowest BCUT2D eigenvalue weighted by Crippen LogP contribution is -2.14. The summed E-state index contributed by atoms with van der Waals surface area (Å²) in [4.78, 5) is 9.44. The van der Waals surface area contributed by atoms with E-state index in [0.29, 0.717) is 17.2 Å². The molecule has 0 amide bonds. The maximum absolute atomic E-state index is 12.5. The summed E-state index contributed by atoms with van der Waals surface area (Å²) in [7, 11) is 1.69. The zero-order valence-corrected chi connectivity index (χ0v) is 17.4. The summed E-state index contributed by atoms with van der Waals surface area (Å²) in [5.41, 5.74) is 3.02. The molecule has 0 spiro atoms. The Morgan fingerprint density at radius 3 is 2.59 bits per heavy atom. The van der Waals surface area contributed by atoms with Crippen molar-refractivity contribution in [2.45, 2.75) is 45.8 Å². The Morgan fingerprint density at radius 2 is 1.97 bits per heavy atom. The van der Waals surface area contributed by atoms with Crippen LogP contribution < -0.4 is 4.74 Å². The first-order chi connectivity index (χ1) is 14.0. The largest absolute Gasteiger partial charge is 0.435 e. The van der Waals surface area contributed by atoms with Crippen LogP contribution >= 0.6 is 11.6 Å². The molecule has 0 fully saturated rings. The Morgan fingerprint density at radius 1 is 1.17 bits per heavy atom. The molecule has 3 rings (SSSR count). The number of methoxy groups -OCH3 is 1. The number of aromatic nitrogens is 3. The minimum atomic E-state index is -2.90. The fourth-order valence-corrected chi connectivity index (χ4v) is 3.82. The summed E-state index contributed by atoms with van der Waals surface area (Å²) in [5, 5.41) is 0.315. The molecule has 0 aliphatic heterocycles. The first-order valence-corrected chi connectivity index (χ1v) is 9.97. The average molecular weight is 424 g/mol. The smallest absolute Gasteiger partial charge is 0.387 e. The number of imidazole rings is 1. The molecule has 1 aromatic carbocycles. The normalized spacial score (nSPS) is 12.7. The number of aryl methyl sites for hydroxylation is 1. The number of fused-ring (bicyclic) bond motifs is 1. The van der Waals surface area contributed by atoms with E-state index in [9.17, 15) is 8.78 Å². The average Bonchev–Trinajstić information content (AvgIpc) is 3.07. The number of benzene rings is 1. The van der Waals surface area contributed by atoms with Crippen LogP contribution in [0, 0.1) is 0 Å². The molecule has 0 bridgehead atoms. The van der Waals surface area contributed by atoms with E-state index in [2.05, 4.69) is 28.1 Å². The summed E-state index contributed by atoms with van der Waals surface area (Å²) in [6.07, 6.45) is 4.26. The quantitative estimate of drug-likeness (QED) is 0.429. The van der Waals surface area contributed by atoms with Crippen LogP contribution in [-0.2, 0) is 11.2 Å². The van der Waals surface area contributed by atoms with E-state index in [1.807, 2.05) is 6.07 Å². The maximum Gasteiger partial charge on any atom is 0.387 e. The number of nitrogens with zero attached hydrogens (tertiary/aromatic N) is 3. The van der Waals surface area contributed by atoms with Gasteiger partial charge in [-0.2, -0.15) is 8.78 Å². The molecule has 156 valence electrons. The number of hydrogen-bond acceptors (Lipinski definition) is 4. The molecule has 1 atom stereocenters. The molecule has 0 saturated carbocycles. The Kier molecular flexibility index (Phi) is 7.03. The zero-order chi connectivity index (χ0) is 21.0. The maximum atomic E-state index is 12.5. The molecule has 0 aliphatic rings. The first-order valence-electron chi connectivity index (χ1n) is 9.59. The SMILES string of the molecule is CCc1nc2c(-c3ccc(OC(F)F)cc3Cl)ccnc2n1C(CC)CCOC. The van der Waals surface area contributed by atoms with Crippen molar-refractivity contribution in [1.29, 1.82) is 0 Å². The molecule has 0 N–H and O–H groups in total. The zero-order valence-electron chi connectivity index (χ0n) is 16.7. The van der Waals surface area contributed by atoms with E-state index in [-0.39, 0.29) is 11.8 Å². The third-order valence-electron chi connectivity index (χ3n) is 4.92. The minimum absolute atomic E-state index is 0.0180. The molecule has 3 aromatic rings. The summed E-state index contributed by atoms with van der Waals surface area (Å²) in [6.45, 7) is 1.95. The van der Waals surface area contributed by atoms with E-state index in [4.69, 9.17) is 21.3 Å². The van der Waals surface area contributed by atoms with Crippen molar-refractivity contribution in [2.24, 2.45) is 0 Å². The molecule has 0 radical (unpaired) electrons. The van der Waals surface area contributed by atoms with Crippen LogP contribution in [0.5, 0.6) is 5.75 Å². The van der Waals surface area contributed by atoms with E-state index < -0.39 is 6.61 Å². The predicted molar refractivity (Wildman–Crippen MR) is 110 cm³/mol. The van der Waals surface area contributed by atoms with Gasteiger partial charge in [0.05, 0.1) is 5.02 Å². The summed E-state index contributed by atoms with van der Waals surface area (Å²) in [6, 6.07) is 6.59. The van der Waals surface area contributed by atoms with Gasteiger partial charge >= 0.3 is 6.61 Å². The summed E-state index contributed by atoms with van der Waals surface area (Å²) in [5.74, 6) is 0.959. The van der Waals surface area contributed by atoms with E-state index in [1.165, 1.54) is 12.1 Å². The number of rotatable bonds is 9. The van der Waals surface area contributed by atoms with Gasteiger partial charge in [0, 0.05) is 43.5 Å². The van der Waals surface area contributed by atoms with Gasteiger partial charge in [-0.15, -0.1) is 0 Å². The van der Waals surface area contributed by atoms with Crippen LogP contribution in [0.25, 0.3) is 22.3 Å². The first kappa shape index (κ1) is 21.5. The van der Waals surface area contributed by atoms with Crippen molar-refractivity contribution in [2.75, 3.05) is 13.7 Å². The molecule has 1 unspecified atom stereocenters. The molecule has 0 aliphatic carbocycles. The van der Waals surface area contributed by atoms with Gasteiger partial charge in [-0.25, -0.2) is 9.97 Å². The van der Waals surface area contributed by atoms with Crippen molar-refractivity contribution >= 4 is 22.8 Å². The molecule has 2 aromatic heterocycles. The molecule has 8 heteroatoms. The second-order valence-electron chi connectivity index (χ2n) is 6.65. The number of alkyl halides is 2. The van der Waals surface area contributed by atoms with Gasteiger partial charge in [-0.05, 0) is 37.1 Å². The van der Waals surface area contributed by atoms with Crippen LogP contribution in [0.4, 0.5) is 8.78 Å². The van der Waals surface area contributed by atoms with Gasteiger partial charge < -0.3 is 14.0 Å². The number of hydrogen-bond donors (Lipinski definition) is 0. The lowest BCUT2D eigenvalue weighted by molar-refractivity contribution is -0.0498. The van der Waals surface area contributed by atoms with Crippen molar-refractivity contribution in [3.05, 3.63) is 41.3 Å². The molecule has 2 heterocycles. The summed E-state index contributed by atoms with van der Waals surface area (Å²) < 4.78 is 36.8. The summed E-state index contributed by atoms with van der Waals surface area (Å²) >= 11 is 6.39. The fraction of sp³-hybridized carbons (Fsp3) is 0.429. The lowest BCUT2D eigenvalue weighted by Gasteiger charge is -2.19. The standard InChI is InChI=1S/C21H24ClF2N3O2/c1-4-13(9-11-28-3)27-18(5-2)26-19-16(8-10-25-20(19)27)15-7-6-14(12-17(15)22)29-21(23)24/h6-8,10,12-13,21H,4-5,9,11H2,1-3H3. The lowest BCUT2D eigenvalue weighted by atomic mass is 10.1. The predicted octanol–water partition coefficient (Wildman–Crippen LogP) is 5.90. The Hall–Kier alpha value is -2.25. The highest BCUT2D eigenvalue weighted by Gasteiger charge is 2.21. The number of pyridine rings is 1. The van der Waals surface area contributed by atoms with Crippen molar-refractivity contribution in [3.8, 4) is 16.9 Å². The molecular weight excluding hydrogens is 400 g/mol. The number of ether oxygens (including phenoxy) is 2. The monoisotopic (exact) mass is 423 g/mol. The van der Waals surface area contributed by atoms with Gasteiger partial charge in [0.1, 0.15) is 17.1 Å². The molecule has 5 nitrogen and oxygen atoms in total. The van der Waals surface area contributed by atoms with Crippen LogP contribution in [0.1, 0.15) is 38.6 Å².